The zero-order valence-corrected chi connectivity index (χ0v) is 34.9. The second-order valence-corrected chi connectivity index (χ2v) is 16.8. The van der Waals surface area contributed by atoms with Crippen LogP contribution in [0.5, 0.6) is 0 Å². The monoisotopic (exact) mass is 813 g/mol. The van der Waals surface area contributed by atoms with E-state index in [2.05, 4.69) is 241 Å². The Morgan fingerprint density at radius 3 is 1.52 bits per heavy atom. The molecule has 0 aliphatic carbocycles. The largest absolute Gasteiger partial charge is 0.455 e. The van der Waals surface area contributed by atoms with Crippen LogP contribution in [0.15, 0.2) is 241 Å². The molecule has 13 aromatic rings. The maximum absolute atomic E-state index is 6.58. The molecule has 0 bridgehead atoms. The number of rotatable bonds is 6. The van der Waals surface area contributed by atoms with Crippen molar-refractivity contribution >= 4 is 92.9 Å². The van der Waals surface area contributed by atoms with Crippen LogP contribution in [0.2, 0.25) is 0 Å². The maximum Gasteiger partial charge on any atom is 0.143 e. The van der Waals surface area contributed by atoms with Crippen molar-refractivity contribution in [3.8, 4) is 33.4 Å². The molecular weight excluding hydrogens is 775 g/mol. The Morgan fingerprint density at radius 1 is 0.250 bits per heavy atom. The van der Waals surface area contributed by atoms with Crippen molar-refractivity contribution in [1.29, 1.82) is 0 Å². The van der Waals surface area contributed by atoms with Gasteiger partial charge in [0, 0.05) is 33.2 Å². The first-order chi connectivity index (χ1) is 31.7. The van der Waals surface area contributed by atoms with E-state index in [4.69, 9.17) is 4.42 Å². The minimum atomic E-state index is 0.879. The van der Waals surface area contributed by atoms with E-state index in [1.165, 1.54) is 76.3 Å². The van der Waals surface area contributed by atoms with Crippen LogP contribution in [0, 0.1) is 0 Å². The van der Waals surface area contributed by atoms with Gasteiger partial charge in [0.05, 0.1) is 0 Å². The summed E-state index contributed by atoms with van der Waals surface area (Å²) >= 11 is 0. The second kappa shape index (κ2) is 14.6. The molecule has 2 heteroatoms. The van der Waals surface area contributed by atoms with Crippen LogP contribution in [0.25, 0.3) is 109 Å². The van der Waals surface area contributed by atoms with Gasteiger partial charge >= 0.3 is 0 Å². The van der Waals surface area contributed by atoms with Gasteiger partial charge in [-0.25, -0.2) is 0 Å². The van der Waals surface area contributed by atoms with Gasteiger partial charge < -0.3 is 9.32 Å². The van der Waals surface area contributed by atoms with Crippen molar-refractivity contribution in [3.05, 3.63) is 237 Å². The van der Waals surface area contributed by atoms with Crippen LogP contribution in [-0.2, 0) is 0 Å². The Hall–Kier alpha value is -8.46. The Kier molecular flexibility index (Phi) is 8.25. The van der Waals surface area contributed by atoms with Crippen molar-refractivity contribution in [2.24, 2.45) is 0 Å². The number of furan rings is 1. The molecule has 12 aromatic carbocycles. The number of nitrogens with zero attached hydrogens (tertiary/aromatic N) is 1. The molecule has 0 unspecified atom stereocenters. The summed E-state index contributed by atoms with van der Waals surface area (Å²) in [5.74, 6) is 0. The van der Waals surface area contributed by atoms with Gasteiger partial charge in [-0.05, 0) is 136 Å². The van der Waals surface area contributed by atoms with E-state index < -0.39 is 0 Å². The molecule has 298 valence electrons. The predicted octanol–water partition coefficient (Wildman–Crippen LogP) is 17.8. The number of hydrogen-bond acceptors (Lipinski definition) is 2. The summed E-state index contributed by atoms with van der Waals surface area (Å²) in [5, 5.41) is 14.5. The van der Waals surface area contributed by atoms with Gasteiger partial charge in [0.2, 0.25) is 0 Å². The summed E-state index contributed by atoms with van der Waals surface area (Å²) in [6.07, 6.45) is 0. The van der Waals surface area contributed by atoms with Crippen LogP contribution in [-0.4, -0.2) is 0 Å². The normalized spacial score (nSPS) is 11.8. The van der Waals surface area contributed by atoms with Crippen molar-refractivity contribution in [3.63, 3.8) is 0 Å². The van der Waals surface area contributed by atoms with E-state index in [1.807, 2.05) is 0 Å². The molecule has 0 radical (unpaired) electrons. The van der Waals surface area contributed by atoms with E-state index in [1.54, 1.807) is 0 Å². The minimum absolute atomic E-state index is 0.879. The summed E-state index contributed by atoms with van der Waals surface area (Å²) in [6, 6.07) is 86.1. The highest BCUT2D eigenvalue weighted by atomic mass is 16.3. The molecule has 1 aromatic heterocycles. The minimum Gasteiger partial charge on any atom is -0.455 e. The quantitative estimate of drug-likeness (QED) is 0.156. The highest BCUT2D eigenvalue weighted by Gasteiger charge is 2.20. The fourth-order valence-corrected chi connectivity index (χ4v) is 10.2. The Bertz CT molecular complexity index is 3940. The Morgan fingerprint density at radius 2 is 0.750 bits per heavy atom. The molecule has 0 aliphatic rings. The third-order valence-electron chi connectivity index (χ3n) is 13.2. The molecule has 1 heterocycles. The van der Waals surface area contributed by atoms with Crippen LogP contribution in [0.4, 0.5) is 17.1 Å². The van der Waals surface area contributed by atoms with Gasteiger partial charge in [-0.2, -0.15) is 0 Å². The van der Waals surface area contributed by atoms with Gasteiger partial charge in [0.1, 0.15) is 11.2 Å². The van der Waals surface area contributed by atoms with Crippen LogP contribution < -0.4 is 4.90 Å². The summed E-state index contributed by atoms with van der Waals surface area (Å²) in [7, 11) is 0. The summed E-state index contributed by atoms with van der Waals surface area (Å²) in [6.45, 7) is 0. The fourth-order valence-electron chi connectivity index (χ4n) is 10.2. The van der Waals surface area contributed by atoms with Crippen LogP contribution >= 0.6 is 0 Å². The average molecular weight is 814 g/mol. The second-order valence-electron chi connectivity index (χ2n) is 16.8. The average Bonchev–Trinajstić information content (AvgIpc) is 3.75. The standard InChI is InChI=1S/C62H39NO/c1-3-15-43(16-4-1)60-55-22-12-11-21-53(55)54-33-28-45(38-58(54)61(60)44-17-5-2-6-18-44)40-25-29-47(30-26-40)63(48-31-35-51-46(37-48)24-23-41-13-7-9-19-50(41)51)49-32-36-59-57(39-49)56-34-27-42-14-8-10-20-52(42)62(56)64-59/h1-39H. The summed E-state index contributed by atoms with van der Waals surface area (Å²) in [5.41, 5.74) is 12.3. The van der Waals surface area contributed by atoms with E-state index in [0.29, 0.717) is 0 Å². The lowest BCUT2D eigenvalue weighted by Gasteiger charge is -2.26. The van der Waals surface area contributed by atoms with Crippen LogP contribution in [0.1, 0.15) is 0 Å². The molecule has 0 saturated heterocycles. The van der Waals surface area contributed by atoms with Crippen LogP contribution in [0.3, 0.4) is 0 Å². The Labute approximate surface area is 370 Å². The fraction of sp³-hybridized carbons (Fsp3) is 0. The van der Waals surface area contributed by atoms with Crippen molar-refractivity contribution in [2.75, 3.05) is 4.90 Å². The maximum atomic E-state index is 6.58. The molecular formula is C62H39NO. The topological polar surface area (TPSA) is 16.4 Å². The number of benzene rings is 12. The van der Waals surface area contributed by atoms with Crippen molar-refractivity contribution < 1.29 is 4.42 Å². The molecule has 0 saturated carbocycles. The zero-order valence-electron chi connectivity index (χ0n) is 34.9. The Balaban J connectivity index is 0.983. The first-order valence-electron chi connectivity index (χ1n) is 22.0. The summed E-state index contributed by atoms with van der Waals surface area (Å²) in [4.78, 5) is 2.38. The molecule has 0 spiro atoms. The first kappa shape index (κ1) is 36.2. The van der Waals surface area contributed by atoms with Crippen molar-refractivity contribution in [2.45, 2.75) is 0 Å². The lowest BCUT2D eigenvalue weighted by Crippen LogP contribution is -2.09. The van der Waals surface area contributed by atoms with E-state index in [-0.39, 0.29) is 0 Å². The highest BCUT2D eigenvalue weighted by molar-refractivity contribution is 6.22. The molecule has 0 fully saturated rings. The van der Waals surface area contributed by atoms with E-state index in [9.17, 15) is 0 Å². The van der Waals surface area contributed by atoms with E-state index in [0.717, 1.165) is 50.0 Å². The highest BCUT2D eigenvalue weighted by Crippen LogP contribution is 2.46. The number of hydrogen-bond donors (Lipinski definition) is 0. The SMILES string of the molecule is c1ccc(-c2c(-c3ccccc3)c3cc(-c4ccc(N(c5ccc6c(ccc7ccccc76)c5)c5ccc6oc7c8ccccc8ccc7c6c5)cc4)ccc3c3ccccc23)cc1. The van der Waals surface area contributed by atoms with Crippen molar-refractivity contribution in [1.82, 2.24) is 0 Å². The lowest BCUT2D eigenvalue weighted by atomic mass is 9.84. The third kappa shape index (κ3) is 5.81. The zero-order chi connectivity index (χ0) is 42.1. The van der Waals surface area contributed by atoms with Gasteiger partial charge in [0.25, 0.3) is 0 Å². The molecule has 0 atom stereocenters. The predicted molar refractivity (Wildman–Crippen MR) is 272 cm³/mol. The summed E-state index contributed by atoms with van der Waals surface area (Å²) < 4.78 is 6.58. The smallest absolute Gasteiger partial charge is 0.143 e. The number of fused-ring (bicyclic) bond motifs is 11. The molecule has 2 nitrogen and oxygen atoms in total. The molecule has 13 rings (SSSR count). The van der Waals surface area contributed by atoms with Gasteiger partial charge in [-0.1, -0.05) is 182 Å². The number of anilines is 3. The molecule has 64 heavy (non-hydrogen) atoms. The van der Waals surface area contributed by atoms with Gasteiger partial charge in [-0.3, -0.25) is 0 Å². The lowest BCUT2D eigenvalue weighted by molar-refractivity contribution is 0.672. The third-order valence-corrected chi connectivity index (χ3v) is 13.2. The molecule has 0 N–H and O–H groups in total. The molecule has 0 amide bonds. The van der Waals surface area contributed by atoms with Gasteiger partial charge in [-0.15, -0.1) is 0 Å². The van der Waals surface area contributed by atoms with E-state index >= 15 is 0 Å². The molecule has 0 aliphatic heterocycles. The van der Waals surface area contributed by atoms with Gasteiger partial charge in [0.15, 0.2) is 0 Å². The first-order valence-corrected chi connectivity index (χ1v) is 22.0.